The molecule has 0 saturated heterocycles. The zero-order valence-corrected chi connectivity index (χ0v) is 9.72. The summed E-state index contributed by atoms with van der Waals surface area (Å²) in [7, 11) is -1.59. The Labute approximate surface area is 100.0 Å². The molecule has 2 rings (SSSR count). The minimum absolute atomic E-state index is 0.131. The number of rotatable bonds is 5. The van der Waals surface area contributed by atoms with Gasteiger partial charge in [0.1, 0.15) is 17.0 Å². The predicted molar refractivity (Wildman–Crippen MR) is 66.4 cm³/mol. The molecule has 0 radical (unpaired) electrons. The van der Waals surface area contributed by atoms with Crippen LogP contribution in [-0.4, -0.2) is 23.8 Å². The Bertz CT molecular complexity index is 492. The van der Waals surface area contributed by atoms with Gasteiger partial charge in [0.25, 0.3) is 0 Å². The molecule has 0 amide bonds. The van der Waals surface area contributed by atoms with Gasteiger partial charge in [-0.2, -0.15) is 0 Å². The highest BCUT2D eigenvalue weighted by Crippen LogP contribution is 2.25. The summed E-state index contributed by atoms with van der Waals surface area (Å²) in [6, 6.07) is 7.04. The van der Waals surface area contributed by atoms with Gasteiger partial charge in [-0.1, -0.05) is 19.4 Å². The fourth-order valence-corrected chi connectivity index (χ4v) is 1.63. The van der Waals surface area contributed by atoms with Crippen molar-refractivity contribution >= 4 is 23.7 Å². The Morgan fingerprint density at radius 2 is 2.18 bits per heavy atom. The van der Waals surface area contributed by atoms with Crippen molar-refractivity contribution in [2.75, 3.05) is 6.61 Å². The molecule has 0 unspecified atom stereocenters. The average Bonchev–Trinajstić information content (AvgIpc) is 2.74. The van der Waals surface area contributed by atoms with Crippen molar-refractivity contribution in [1.82, 2.24) is 0 Å². The number of ether oxygens (including phenoxy) is 1. The summed E-state index contributed by atoms with van der Waals surface area (Å²) in [6.45, 7) is 2.75. The lowest BCUT2D eigenvalue weighted by molar-refractivity contribution is 0.313. The first kappa shape index (κ1) is 12.0. The lowest BCUT2D eigenvalue weighted by Crippen LogP contribution is -2.27. The van der Waals surface area contributed by atoms with Crippen molar-refractivity contribution in [2.24, 2.45) is 0 Å². The summed E-state index contributed by atoms with van der Waals surface area (Å²) in [5, 5.41) is 18.9. The maximum Gasteiger partial charge on any atom is 0.526 e. The normalized spacial score (nSPS) is 10.8. The topological polar surface area (TPSA) is 62.8 Å². The van der Waals surface area contributed by atoms with Gasteiger partial charge in [0, 0.05) is 0 Å². The standard InChI is InChI=1S/C12H15BO4/c1-2-3-7-16-10-5-4-6-11-9(10)8-12(17-11)13(14)15/h4-6,8,14-15H,2-3,7H2,1H3. The molecule has 0 spiro atoms. The molecule has 2 aromatic rings. The van der Waals surface area contributed by atoms with Crippen LogP contribution >= 0.6 is 0 Å². The Morgan fingerprint density at radius 1 is 1.35 bits per heavy atom. The van der Waals surface area contributed by atoms with E-state index in [2.05, 4.69) is 6.92 Å². The second kappa shape index (κ2) is 5.25. The van der Waals surface area contributed by atoms with Crippen LogP contribution in [0.4, 0.5) is 0 Å². The van der Waals surface area contributed by atoms with E-state index in [0.717, 1.165) is 18.2 Å². The molecule has 0 fully saturated rings. The predicted octanol–water partition coefficient (Wildman–Crippen LogP) is 1.29. The van der Waals surface area contributed by atoms with Gasteiger partial charge in [0.15, 0.2) is 0 Å². The van der Waals surface area contributed by atoms with Crippen LogP contribution in [0.3, 0.4) is 0 Å². The van der Waals surface area contributed by atoms with Crippen LogP contribution in [0.1, 0.15) is 19.8 Å². The second-order valence-electron chi connectivity index (χ2n) is 3.89. The molecule has 0 bridgehead atoms. The molecule has 2 N–H and O–H groups in total. The number of furan rings is 1. The SMILES string of the molecule is CCCCOc1cccc2oc(B(O)O)cc12. The molecule has 1 heterocycles. The summed E-state index contributed by atoms with van der Waals surface area (Å²) in [4.78, 5) is 0. The molecule has 4 nitrogen and oxygen atoms in total. The third kappa shape index (κ3) is 2.62. The van der Waals surface area contributed by atoms with Crippen molar-refractivity contribution in [3.8, 4) is 5.75 Å². The first-order valence-electron chi connectivity index (χ1n) is 5.73. The number of benzene rings is 1. The van der Waals surface area contributed by atoms with Gasteiger partial charge in [-0.05, 0) is 24.6 Å². The van der Waals surface area contributed by atoms with Crippen LogP contribution in [-0.2, 0) is 0 Å². The lowest BCUT2D eigenvalue weighted by atomic mass is 9.88. The summed E-state index contributed by atoms with van der Waals surface area (Å²) in [5.74, 6) is 0.714. The van der Waals surface area contributed by atoms with Crippen LogP contribution in [0.2, 0.25) is 0 Å². The molecule has 17 heavy (non-hydrogen) atoms. The first-order chi connectivity index (χ1) is 8.22. The third-order valence-electron chi connectivity index (χ3n) is 2.55. The van der Waals surface area contributed by atoms with Gasteiger partial charge in [0.2, 0.25) is 0 Å². The van der Waals surface area contributed by atoms with E-state index in [4.69, 9.17) is 19.2 Å². The third-order valence-corrected chi connectivity index (χ3v) is 2.55. The van der Waals surface area contributed by atoms with E-state index in [0.29, 0.717) is 17.9 Å². The summed E-state index contributed by atoms with van der Waals surface area (Å²) in [6.07, 6.45) is 2.06. The maximum absolute atomic E-state index is 9.05. The Morgan fingerprint density at radius 3 is 2.88 bits per heavy atom. The van der Waals surface area contributed by atoms with Crippen LogP contribution < -0.4 is 10.4 Å². The number of hydrogen-bond acceptors (Lipinski definition) is 4. The minimum atomic E-state index is -1.59. The quantitative estimate of drug-likeness (QED) is 0.604. The summed E-state index contributed by atoms with van der Waals surface area (Å²) < 4.78 is 10.9. The number of unbranched alkanes of at least 4 members (excludes halogenated alkanes) is 1. The molecule has 0 aliphatic rings. The number of hydrogen-bond donors (Lipinski definition) is 2. The smallest absolute Gasteiger partial charge is 0.493 e. The number of fused-ring (bicyclic) bond motifs is 1. The monoisotopic (exact) mass is 234 g/mol. The van der Waals surface area contributed by atoms with Crippen LogP contribution in [0.5, 0.6) is 5.75 Å². The highest BCUT2D eigenvalue weighted by molar-refractivity contribution is 6.57. The molecule has 0 aliphatic heterocycles. The molecule has 0 aliphatic carbocycles. The molecule has 5 heteroatoms. The maximum atomic E-state index is 9.05. The van der Waals surface area contributed by atoms with Crippen molar-refractivity contribution < 1.29 is 19.2 Å². The highest BCUT2D eigenvalue weighted by Gasteiger charge is 2.18. The fraction of sp³-hybridized carbons (Fsp3) is 0.333. The van der Waals surface area contributed by atoms with Gasteiger partial charge in [-0.3, -0.25) is 0 Å². The Kier molecular flexibility index (Phi) is 3.71. The van der Waals surface area contributed by atoms with Gasteiger partial charge in [-0.15, -0.1) is 0 Å². The largest absolute Gasteiger partial charge is 0.526 e. The van der Waals surface area contributed by atoms with E-state index in [1.807, 2.05) is 12.1 Å². The minimum Gasteiger partial charge on any atom is -0.493 e. The first-order valence-corrected chi connectivity index (χ1v) is 5.73. The van der Waals surface area contributed by atoms with E-state index < -0.39 is 7.12 Å². The van der Waals surface area contributed by atoms with E-state index in [1.54, 1.807) is 12.1 Å². The zero-order chi connectivity index (χ0) is 12.3. The van der Waals surface area contributed by atoms with E-state index in [9.17, 15) is 0 Å². The molecular formula is C12H15BO4. The molecule has 90 valence electrons. The van der Waals surface area contributed by atoms with E-state index >= 15 is 0 Å². The zero-order valence-electron chi connectivity index (χ0n) is 9.72. The van der Waals surface area contributed by atoms with E-state index in [1.165, 1.54) is 0 Å². The molecule has 1 aromatic heterocycles. The van der Waals surface area contributed by atoms with Crippen molar-refractivity contribution in [3.63, 3.8) is 0 Å². The Balaban J connectivity index is 2.29. The molecule has 0 saturated carbocycles. The average molecular weight is 234 g/mol. The molecular weight excluding hydrogens is 219 g/mol. The lowest BCUT2D eigenvalue weighted by Gasteiger charge is -2.05. The van der Waals surface area contributed by atoms with Crippen LogP contribution in [0, 0.1) is 0 Å². The molecule has 1 aromatic carbocycles. The highest BCUT2D eigenvalue weighted by atomic mass is 16.5. The van der Waals surface area contributed by atoms with Gasteiger partial charge < -0.3 is 19.2 Å². The van der Waals surface area contributed by atoms with Crippen molar-refractivity contribution in [2.45, 2.75) is 19.8 Å². The molecule has 0 atom stereocenters. The fourth-order valence-electron chi connectivity index (χ4n) is 1.63. The van der Waals surface area contributed by atoms with Crippen molar-refractivity contribution in [3.05, 3.63) is 24.3 Å². The summed E-state index contributed by atoms with van der Waals surface area (Å²) in [5.41, 5.74) is 0.730. The van der Waals surface area contributed by atoms with Crippen LogP contribution in [0.25, 0.3) is 11.0 Å². The van der Waals surface area contributed by atoms with Gasteiger partial charge in [0.05, 0.1) is 12.0 Å². The van der Waals surface area contributed by atoms with E-state index in [-0.39, 0.29) is 5.66 Å². The summed E-state index contributed by atoms with van der Waals surface area (Å²) >= 11 is 0. The van der Waals surface area contributed by atoms with Crippen LogP contribution in [0.15, 0.2) is 28.7 Å². The van der Waals surface area contributed by atoms with Gasteiger partial charge >= 0.3 is 7.12 Å². The van der Waals surface area contributed by atoms with Crippen molar-refractivity contribution in [1.29, 1.82) is 0 Å². The Hall–Kier alpha value is -1.46. The van der Waals surface area contributed by atoms with Gasteiger partial charge in [-0.25, -0.2) is 0 Å². The second-order valence-corrected chi connectivity index (χ2v) is 3.89.